The van der Waals surface area contributed by atoms with Gasteiger partial charge in [-0.15, -0.1) is 0 Å². The van der Waals surface area contributed by atoms with E-state index in [-0.39, 0.29) is 6.04 Å². The zero-order chi connectivity index (χ0) is 18.4. The van der Waals surface area contributed by atoms with Crippen LogP contribution in [0.25, 0.3) is 0 Å². The molecule has 1 unspecified atom stereocenters. The van der Waals surface area contributed by atoms with Crippen LogP contribution in [0.4, 0.5) is 11.4 Å². The van der Waals surface area contributed by atoms with Crippen molar-refractivity contribution in [2.75, 3.05) is 29.9 Å². The van der Waals surface area contributed by atoms with Gasteiger partial charge in [0.15, 0.2) is 5.11 Å². The molecule has 2 N–H and O–H groups in total. The number of thiocarbonyl (C=S) groups is 1. The van der Waals surface area contributed by atoms with Crippen LogP contribution in [-0.2, 0) is 0 Å². The summed E-state index contributed by atoms with van der Waals surface area (Å²) in [5.74, 6) is 0.839. The smallest absolute Gasteiger partial charge is 0.171 e. The summed E-state index contributed by atoms with van der Waals surface area (Å²) in [4.78, 5) is 2.44. The van der Waals surface area contributed by atoms with E-state index in [0.29, 0.717) is 11.7 Å². The standard InChI is InChI=1S/C21H27N3OS/c1-3-25-20-8-6-7-18(15-20)23-21(26)22-16(2)17-9-11-19(12-10-17)24-13-4-5-14-24/h6-12,15-16H,3-5,13-14H2,1-2H3,(H2,22,23,26). The van der Waals surface area contributed by atoms with Gasteiger partial charge in [0, 0.05) is 30.5 Å². The second kappa shape index (κ2) is 8.90. The van der Waals surface area contributed by atoms with Gasteiger partial charge in [0.05, 0.1) is 12.6 Å². The molecule has 5 heteroatoms. The lowest BCUT2D eigenvalue weighted by Gasteiger charge is -2.20. The van der Waals surface area contributed by atoms with Gasteiger partial charge in [0.1, 0.15) is 5.75 Å². The summed E-state index contributed by atoms with van der Waals surface area (Å²) in [6.07, 6.45) is 2.59. The van der Waals surface area contributed by atoms with Gasteiger partial charge in [-0.05, 0) is 68.7 Å². The van der Waals surface area contributed by atoms with Crippen molar-refractivity contribution in [3.8, 4) is 5.75 Å². The van der Waals surface area contributed by atoms with Gasteiger partial charge >= 0.3 is 0 Å². The lowest BCUT2D eigenvalue weighted by atomic mass is 10.1. The van der Waals surface area contributed by atoms with Gasteiger partial charge < -0.3 is 20.3 Å². The first-order chi connectivity index (χ1) is 12.7. The summed E-state index contributed by atoms with van der Waals surface area (Å²) >= 11 is 5.46. The fourth-order valence-corrected chi connectivity index (χ4v) is 3.52. The lowest BCUT2D eigenvalue weighted by molar-refractivity contribution is 0.340. The molecule has 1 aliphatic heterocycles. The Labute approximate surface area is 161 Å². The van der Waals surface area contributed by atoms with Crippen LogP contribution >= 0.6 is 12.2 Å². The predicted molar refractivity (Wildman–Crippen MR) is 113 cm³/mol. The molecule has 0 saturated carbocycles. The number of hydrogen-bond donors (Lipinski definition) is 2. The van der Waals surface area contributed by atoms with E-state index in [1.807, 2.05) is 31.2 Å². The maximum atomic E-state index is 5.52. The molecule has 3 rings (SSSR count). The summed E-state index contributed by atoms with van der Waals surface area (Å²) in [7, 11) is 0. The maximum absolute atomic E-state index is 5.52. The number of nitrogens with one attached hydrogen (secondary N) is 2. The molecular formula is C21H27N3OS. The van der Waals surface area contributed by atoms with Crippen LogP contribution in [0.15, 0.2) is 48.5 Å². The second-order valence-electron chi connectivity index (χ2n) is 6.57. The zero-order valence-electron chi connectivity index (χ0n) is 15.5. The van der Waals surface area contributed by atoms with Crippen molar-refractivity contribution in [1.29, 1.82) is 0 Å². The van der Waals surface area contributed by atoms with Crippen molar-refractivity contribution in [1.82, 2.24) is 5.32 Å². The summed E-state index contributed by atoms with van der Waals surface area (Å²) in [5, 5.41) is 7.19. The molecule has 1 atom stereocenters. The van der Waals surface area contributed by atoms with Crippen LogP contribution in [0.1, 0.15) is 38.3 Å². The van der Waals surface area contributed by atoms with Crippen LogP contribution in [0.2, 0.25) is 0 Å². The minimum Gasteiger partial charge on any atom is -0.494 e. The van der Waals surface area contributed by atoms with Gasteiger partial charge in [-0.25, -0.2) is 0 Å². The van der Waals surface area contributed by atoms with Gasteiger partial charge in [0.2, 0.25) is 0 Å². The van der Waals surface area contributed by atoms with Crippen molar-refractivity contribution in [2.24, 2.45) is 0 Å². The highest BCUT2D eigenvalue weighted by Crippen LogP contribution is 2.23. The normalized spacial score (nSPS) is 14.8. The highest BCUT2D eigenvalue weighted by molar-refractivity contribution is 7.80. The van der Waals surface area contributed by atoms with Crippen molar-refractivity contribution >= 4 is 28.7 Å². The molecule has 0 spiro atoms. The number of benzene rings is 2. The molecule has 0 aromatic heterocycles. The third kappa shape index (κ3) is 4.88. The predicted octanol–water partition coefficient (Wildman–Crippen LogP) is 4.73. The Kier molecular flexibility index (Phi) is 6.34. The fourth-order valence-electron chi connectivity index (χ4n) is 3.23. The van der Waals surface area contributed by atoms with Crippen molar-refractivity contribution in [3.63, 3.8) is 0 Å². The third-order valence-corrected chi connectivity index (χ3v) is 4.83. The average molecular weight is 370 g/mol. The molecule has 1 saturated heterocycles. The zero-order valence-corrected chi connectivity index (χ0v) is 16.3. The number of ether oxygens (including phenoxy) is 1. The Morgan fingerprint density at radius 1 is 1.15 bits per heavy atom. The minimum absolute atomic E-state index is 0.137. The van der Waals surface area contributed by atoms with E-state index in [9.17, 15) is 0 Å². The largest absolute Gasteiger partial charge is 0.494 e. The number of anilines is 2. The van der Waals surface area contributed by atoms with E-state index in [1.165, 1.54) is 37.2 Å². The van der Waals surface area contributed by atoms with E-state index in [4.69, 9.17) is 17.0 Å². The lowest BCUT2D eigenvalue weighted by Crippen LogP contribution is -2.30. The van der Waals surface area contributed by atoms with Crippen LogP contribution in [0.5, 0.6) is 5.75 Å². The van der Waals surface area contributed by atoms with E-state index in [0.717, 1.165) is 11.4 Å². The van der Waals surface area contributed by atoms with E-state index in [1.54, 1.807) is 0 Å². The first kappa shape index (κ1) is 18.5. The van der Waals surface area contributed by atoms with E-state index < -0.39 is 0 Å². The Morgan fingerprint density at radius 3 is 2.58 bits per heavy atom. The van der Waals surface area contributed by atoms with Gasteiger partial charge in [-0.3, -0.25) is 0 Å². The first-order valence-electron chi connectivity index (χ1n) is 9.31. The highest BCUT2D eigenvalue weighted by Gasteiger charge is 2.13. The second-order valence-corrected chi connectivity index (χ2v) is 6.97. The van der Waals surface area contributed by atoms with Gasteiger partial charge in [-0.2, -0.15) is 0 Å². The molecule has 2 aromatic rings. The molecular weight excluding hydrogens is 342 g/mol. The van der Waals surface area contributed by atoms with Crippen molar-refractivity contribution in [3.05, 3.63) is 54.1 Å². The molecule has 0 amide bonds. The Hall–Kier alpha value is -2.27. The Bertz CT molecular complexity index is 726. The topological polar surface area (TPSA) is 36.5 Å². The molecule has 1 heterocycles. The quantitative estimate of drug-likeness (QED) is 0.720. The van der Waals surface area contributed by atoms with Crippen LogP contribution in [-0.4, -0.2) is 24.8 Å². The van der Waals surface area contributed by atoms with Crippen molar-refractivity contribution < 1.29 is 4.74 Å². The summed E-state index contributed by atoms with van der Waals surface area (Å²) < 4.78 is 5.52. The Balaban J connectivity index is 1.56. The van der Waals surface area contributed by atoms with Crippen molar-refractivity contribution in [2.45, 2.75) is 32.7 Å². The highest BCUT2D eigenvalue weighted by atomic mass is 32.1. The average Bonchev–Trinajstić information content (AvgIpc) is 3.17. The van der Waals surface area contributed by atoms with Gasteiger partial charge in [0.25, 0.3) is 0 Å². The molecule has 0 bridgehead atoms. The third-order valence-electron chi connectivity index (χ3n) is 4.61. The van der Waals surface area contributed by atoms with Gasteiger partial charge in [-0.1, -0.05) is 18.2 Å². The van der Waals surface area contributed by atoms with E-state index >= 15 is 0 Å². The molecule has 0 aliphatic carbocycles. The molecule has 4 nitrogen and oxygen atoms in total. The monoisotopic (exact) mass is 369 g/mol. The molecule has 1 aliphatic rings. The molecule has 2 aromatic carbocycles. The maximum Gasteiger partial charge on any atom is 0.171 e. The van der Waals surface area contributed by atoms with E-state index in [2.05, 4.69) is 46.7 Å². The summed E-state index contributed by atoms with van der Waals surface area (Å²) in [6.45, 7) is 7.08. The molecule has 0 radical (unpaired) electrons. The summed E-state index contributed by atoms with van der Waals surface area (Å²) in [6, 6.07) is 16.7. The molecule has 1 fully saturated rings. The number of rotatable bonds is 6. The SMILES string of the molecule is CCOc1cccc(NC(=S)NC(C)c2ccc(N3CCCC3)cc2)c1. The van der Waals surface area contributed by atoms with Crippen LogP contribution in [0, 0.1) is 0 Å². The first-order valence-corrected chi connectivity index (χ1v) is 9.72. The summed E-state index contributed by atoms with van der Waals surface area (Å²) in [5.41, 5.74) is 3.46. The van der Waals surface area contributed by atoms with Crippen LogP contribution in [0.3, 0.4) is 0 Å². The molecule has 138 valence electrons. The Morgan fingerprint density at radius 2 is 1.88 bits per heavy atom. The molecule has 26 heavy (non-hydrogen) atoms. The van der Waals surface area contributed by atoms with Crippen LogP contribution < -0.4 is 20.3 Å². The fraction of sp³-hybridized carbons (Fsp3) is 0.381. The number of nitrogens with zero attached hydrogens (tertiary/aromatic N) is 1. The number of hydrogen-bond acceptors (Lipinski definition) is 3. The minimum atomic E-state index is 0.137.